The number of nitrogens with one attached hydrogen (secondary N) is 2. The van der Waals surface area contributed by atoms with E-state index in [4.69, 9.17) is 11.5 Å². The number of benzene rings is 1. The number of aliphatic imine (C=N–C) groups is 1. The van der Waals surface area contributed by atoms with Gasteiger partial charge in [0.05, 0.1) is 5.56 Å². The number of Topliss-reactive ketones (excluding diaryl/α,β-unsaturated/α-hetero) is 1. The summed E-state index contributed by atoms with van der Waals surface area (Å²) in [4.78, 5) is 42.3. The SMILES string of the molecule is NC(N)=NCCC[C@H](NC(=O)C(=O)c1c[nH]c2cc(O)ccc12)C(=O)O. The largest absolute Gasteiger partial charge is 0.508 e. The molecule has 0 aliphatic rings. The molecule has 0 aliphatic carbocycles. The van der Waals surface area contributed by atoms with Crippen LogP contribution in [0.25, 0.3) is 10.9 Å². The number of aromatic amines is 1. The monoisotopic (exact) mass is 361 g/mol. The summed E-state index contributed by atoms with van der Waals surface area (Å²) in [6.45, 7) is 0.210. The first kappa shape index (κ1) is 18.8. The maximum absolute atomic E-state index is 12.3. The lowest BCUT2D eigenvalue weighted by molar-refractivity contribution is -0.141. The Morgan fingerprint density at radius 1 is 1.27 bits per heavy atom. The van der Waals surface area contributed by atoms with E-state index in [2.05, 4.69) is 15.3 Å². The van der Waals surface area contributed by atoms with E-state index in [1.165, 1.54) is 24.4 Å². The Morgan fingerprint density at radius 3 is 2.65 bits per heavy atom. The molecule has 0 unspecified atom stereocenters. The van der Waals surface area contributed by atoms with Crippen LogP contribution in [-0.2, 0) is 9.59 Å². The molecule has 0 radical (unpaired) electrons. The number of carboxylic acids is 1. The predicted molar refractivity (Wildman–Crippen MR) is 93.8 cm³/mol. The number of guanidine groups is 1. The molecule has 2 rings (SSSR count). The van der Waals surface area contributed by atoms with Crippen molar-refractivity contribution < 1.29 is 24.6 Å². The molecular weight excluding hydrogens is 342 g/mol. The lowest BCUT2D eigenvalue weighted by Gasteiger charge is -2.13. The number of phenols is 1. The molecular formula is C16H19N5O5. The third-order valence-corrected chi connectivity index (χ3v) is 3.66. The Hall–Kier alpha value is -3.56. The van der Waals surface area contributed by atoms with Gasteiger partial charge in [0.1, 0.15) is 11.8 Å². The Balaban J connectivity index is 2.06. The number of H-pyrrole nitrogens is 1. The van der Waals surface area contributed by atoms with Gasteiger partial charge in [0, 0.05) is 29.7 Å². The van der Waals surface area contributed by atoms with Crippen LogP contribution >= 0.6 is 0 Å². The summed E-state index contributed by atoms with van der Waals surface area (Å²) in [5.74, 6) is -3.28. The Labute approximate surface area is 147 Å². The Morgan fingerprint density at radius 2 is 2.00 bits per heavy atom. The van der Waals surface area contributed by atoms with Crippen LogP contribution < -0.4 is 16.8 Å². The highest BCUT2D eigenvalue weighted by molar-refractivity contribution is 6.45. The summed E-state index contributed by atoms with van der Waals surface area (Å²) in [7, 11) is 0. The zero-order valence-corrected chi connectivity index (χ0v) is 13.7. The summed E-state index contributed by atoms with van der Waals surface area (Å²) >= 11 is 0. The summed E-state index contributed by atoms with van der Waals surface area (Å²) < 4.78 is 0. The summed E-state index contributed by atoms with van der Waals surface area (Å²) in [5.41, 5.74) is 10.9. The third-order valence-electron chi connectivity index (χ3n) is 3.66. The fourth-order valence-corrected chi connectivity index (χ4v) is 2.41. The molecule has 0 saturated carbocycles. The molecule has 138 valence electrons. The van der Waals surface area contributed by atoms with Gasteiger partial charge in [-0.1, -0.05) is 0 Å². The molecule has 8 N–H and O–H groups in total. The second-order valence-corrected chi connectivity index (χ2v) is 5.57. The molecule has 1 atom stereocenters. The number of carbonyl (C=O) groups excluding carboxylic acids is 2. The van der Waals surface area contributed by atoms with E-state index >= 15 is 0 Å². The standard InChI is InChI=1S/C16H19N5O5/c17-16(18)19-5-1-2-11(15(25)26)21-14(24)13(23)10-7-20-12-6-8(22)3-4-9(10)12/h3-4,6-7,11,20,22H,1-2,5H2,(H,21,24)(H,25,26)(H4,17,18,19)/t11-/m0/s1. The van der Waals surface area contributed by atoms with Gasteiger partial charge in [-0.05, 0) is 25.0 Å². The van der Waals surface area contributed by atoms with Gasteiger partial charge in [-0.3, -0.25) is 14.6 Å². The maximum Gasteiger partial charge on any atom is 0.326 e. The van der Waals surface area contributed by atoms with Crippen molar-refractivity contribution in [2.24, 2.45) is 16.5 Å². The predicted octanol–water partition coefficient (Wildman–Crippen LogP) is -0.321. The first-order valence-corrected chi connectivity index (χ1v) is 7.73. The molecule has 1 heterocycles. The van der Waals surface area contributed by atoms with Crippen molar-refractivity contribution in [3.05, 3.63) is 30.0 Å². The van der Waals surface area contributed by atoms with Gasteiger partial charge >= 0.3 is 5.97 Å². The van der Waals surface area contributed by atoms with Crippen LogP contribution in [0.15, 0.2) is 29.4 Å². The highest BCUT2D eigenvalue weighted by Crippen LogP contribution is 2.22. The van der Waals surface area contributed by atoms with Crippen molar-refractivity contribution in [1.82, 2.24) is 10.3 Å². The summed E-state index contributed by atoms with van der Waals surface area (Å²) in [5, 5.41) is 21.3. The number of hydrogen-bond donors (Lipinski definition) is 6. The van der Waals surface area contributed by atoms with E-state index < -0.39 is 23.7 Å². The lowest BCUT2D eigenvalue weighted by Crippen LogP contribution is -2.44. The molecule has 2 aromatic rings. The molecule has 26 heavy (non-hydrogen) atoms. The van der Waals surface area contributed by atoms with Crippen LogP contribution in [-0.4, -0.2) is 51.4 Å². The molecule has 1 aromatic heterocycles. The highest BCUT2D eigenvalue weighted by Gasteiger charge is 2.25. The fourth-order valence-electron chi connectivity index (χ4n) is 2.41. The first-order chi connectivity index (χ1) is 12.3. The van der Waals surface area contributed by atoms with Crippen LogP contribution in [0.5, 0.6) is 5.75 Å². The zero-order chi connectivity index (χ0) is 19.3. The summed E-state index contributed by atoms with van der Waals surface area (Å²) in [6, 6.07) is 3.04. The van der Waals surface area contributed by atoms with Gasteiger partial charge in [0.15, 0.2) is 5.96 Å². The van der Waals surface area contributed by atoms with Gasteiger partial charge in [-0.15, -0.1) is 0 Å². The molecule has 10 heteroatoms. The zero-order valence-electron chi connectivity index (χ0n) is 13.7. The quantitative estimate of drug-likeness (QED) is 0.122. The molecule has 0 saturated heterocycles. The van der Waals surface area contributed by atoms with Gasteiger partial charge in [-0.25, -0.2) is 4.79 Å². The van der Waals surface area contributed by atoms with Crippen molar-refractivity contribution >= 4 is 34.5 Å². The minimum atomic E-state index is -1.26. The van der Waals surface area contributed by atoms with Crippen LogP contribution in [0.2, 0.25) is 0 Å². The van der Waals surface area contributed by atoms with E-state index in [1.54, 1.807) is 0 Å². The van der Waals surface area contributed by atoms with Crippen LogP contribution in [0, 0.1) is 0 Å². The van der Waals surface area contributed by atoms with E-state index in [0.29, 0.717) is 17.3 Å². The number of ketones is 1. The molecule has 0 fully saturated rings. The fraction of sp³-hybridized carbons (Fsp3) is 0.250. The number of rotatable bonds is 8. The van der Waals surface area contributed by atoms with Gasteiger partial charge in [-0.2, -0.15) is 0 Å². The maximum atomic E-state index is 12.3. The van der Waals surface area contributed by atoms with Gasteiger partial charge in [0.25, 0.3) is 11.7 Å². The first-order valence-electron chi connectivity index (χ1n) is 7.73. The van der Waals surface area contributed by atoms with Crippen LogP contribution in [0.4, 0.5) is 0 Å². The Bertz CT molecular complexity index is 869. The van der Waals surface area contributed by atoms with E-state index in [-0.39, 0.29) is 30.2 Å². The van der Waals surface area contributed by atoms with Gasteiger partial charge in [0.2, 0.25) is 0 Å². The minimum absolute atomic E-state index is 0.00881. The molecule has 0 aliphatic heterocycles. The highest BCUT2D eigenvalue weighted by atomic mass is 16.4. The molecule has 1 aromatic carbocycles. The van der Waals surface area contributed by atoms with E-state index in [1.807, 2.05) is 0 Å². The molecule has 0 bridgehead atoms. The number of aromatic nitrogens is 1. The van der Waals surface area contributed by atoms with Crippen molar-refractivity contribution in [3.63, 3.8) is 0 Å². The van der Waals surface area contributed by atoms with Crippen molar-refractivity contribution in [2.45, 2.75) is 18.9 Å². The smallest absolute Gasteiger partial charge is 0.326 e. The minimum Gasteiger partial charge on any atom is -0.508 e. The normalized spacial score (nSPS) is 11.7. The lowest BCUT2D eigenvalue weighted by atomic mass is 10.1. The average molecular weight is 361 g/mol. The van der Waals surface area contributed by atoms with Crippen LogP contribution in [0.1, 0.15) is 23.2 Å². The molecule has 10 nitrogen and oxygen atoms in total. The number of nitrogens with zero attached hydrogens (tertiary/aromatic N) is 1. The van der Waals surface area contributed by atoms with Crippen molar-refractivity contribution in [2.75, 3.05) is 6.54 Å². The number of aliphatic carboxylic acids is 1. The number of carbonyl (C=O) groups is 3. The summed E-state index contributed by atoms with van der Waals surface area (Å²) in [6.07, 6.45) is 1.71. The van der Waals surface area contributed by atoms with Crippen molar-refractivity contribution in [3.8, 4) is 5.75 Å². The number of fused-ring (bicyclic) bond motifs is 1. The van der Waals surface area contributed by atoms with E-state index in [0.717, 1.165) is 0 Å². The van der Waals surface area contributed by atoms with Crippen molar-refractivity contribution in [1.29, 1.82) is 0 Å². The second kappa shape index (κ2) is 8.01. The number of aromatic hydroxyl groups is 1. The number of phenolic OH excluding ortho intramolecular Hbond substituents is 1. The molecule has 1 amide bonds. The topological polar surface area (TPSA) is 184 Å². The number of carboxylic acid groups (broad SMARTS) is 1. The van der Waals surface area contributed by atoms with Gasteiger partial charge < -0.3 is 32.0 Å². The average Bonchev–Trinajstić information content (AvgIpc) is 2.99. The third kappa shape index (κ3) is 4.50. The number of amides is 1. The molecule has 0 spiro atoms. The number of nitrogens with two attached hydrogens (primary N) is 2. The second-order valence-electron chi connectivity index (χ2n) is 5.57. The number of hydrogen-bond acceptors (Lipinski definition) is 5. The van der Waals surface area contributed by atoms with E-state index in [9.17, 15) is 24.6 Å². The van der Waals surface area contributed by atoms with Crippen LogP contribution in [0.3, 0.4) is 0 Å². The Kier molecular flexibility index (Phi) is 5.78.